The number of carbonyl (C=O) groups excluding carboxylic acids is 1. The van der Waals surface area contributed by atoms with Gasteiger partial charge in [-0.15, -0.1) is 11.3 Å². The number of hydrogen-bond acceptors (Lipinski definition) is 4. The van der Waals surface area contributed by atoms with E-state index in [0.29, 0.717) is 21.6 Å². The van der Waals surface area contributed by atoms with E-state index in [1.807, 2.05) is 42.5 Å². The summed E-state index contributed by atoms with van der Waals surface area (Å²) >= 11 is 13.4. The summed E-state index contributed by atoms with van der Waals surface area (Å²) in [6, 6.07) is 15.1. The van der Waals surface area contributed by atoms with Gasteiger partial charge in [0.15, 0.2) is 5.13 Å². The number of aromatic nitrogens is 1. The zero-order valence-electron chi connectivity index (χ0n) is 13.1. The molecule has 7 heteroatoms. The molecule has 0 bridgehead atoms. The maximum atomic E-state index is 12.0. The third-order valence-electron chi connectivity index (χ3n) is 3.39. The number of para-hydroxylation sites is 1. The number of carbonyl (C=O) groups is 1. The van der Waals surface area contributed by atoms with Crippen LogP contribution in [0.4, 0.5) is 10.8 Å². The topological polar surface area (TPSA) is 54.0 Å². The Morgan fingerprint density at radius 3 is 2.64 bits per heavy atom. The number of amides is 1. The number of halogens is 2. The summed E-state index contributed by atoms with van der Waals surface area (Å²) < 4.78 is 0. The largest absolute Gasteiger partial charge is 0.376 e. The van der Waals surface area contributed by atoms with Crippen molar-refractivity contribution >= 4 is 51.3 Å². The molecule has 0 aliphatic rings. The Morgan fingerprint density at radius 2 is 1.88 bits per heavy atom. The van der Waals surface area contributed by atoms with E-state index in [1.54, 1.807) is 12.3 Å². The first-order valence-corrected chi connectivity index (χ1v) is 9.15. The van der Waals surface area contributed by atoms with Crippen molar-refractivity contribution in [2.45, 2.75) is 6.42 Å². The highest BCUT2D eigenvalue weighted by Gasteiger charge is 2.08. The zero-order valence-corrected chi connectivity index (χ0v) is 15.5. The van der Waals surface area contributed by atoms with Crippen molar-refractivity contribution in [2.24, 2.45) is 0 Å². The van der Waals surface area contributed by atoms with Crippen LogP contribution in [0.2, 0.25) is 10.0 Å². The Labute approximate surface area is 159 Å². The fourth-order valence-corrected chi connectivity index (χ4v) is 3.38. The first-order valence-electron chi connectivity index (χ1n) is 7.57. The Balaban J connectivity index is 1.54. The number of anilines is 2. The van der Waals surface area contributed by atoms with Gasteiger partial charge in [0.1, 0.15) is 0 Å². The molecule has 0 aliphatic heterocycles. The van der Waals surface area contributed by atoms with Crippen molar-refractivity contribution in [3.05, 3.63) is 75.2 Å². The van der Waals surface area contributed by atoms with E-state index in [0.717, 1.165) is 16.1 Å². The smallest absolute Gasteiger partial charge is 0.245 e. The van der Waals surface area contributed by atoms with Gasteiger partial charge in [-0.05, 0) is 29.8 Å². The fourth-order valence-electron chi connectivity index (χ4n) is 2.20. The predicted molar refractivity (Wildman–Crippen MR) is 105 cm³/mol. The average Bonchev–Trinajstić information content (AvgIpc) is 3.04. The van der Waals surface area contributed by atoms with E-state index in [-0.39, 0.29) is 12.5 Å². The van der Waals surface area contributed by atoms with Crippen LogP contribution in [0.5, 0.6) is 0 Å². The Morgan fingerprint density at radius 1 is 1.08 bits per heavy atom. The zero-order chi connectivity index (χ0) is 17.6. The van der Waals surface area contributed by atoms with Crippen LogP contribution in [0, 0.1) is 0 Å². The molecule has 1 amide bonds. The van der Waals surface area contributed by atoms with Crippen LogP contribution in [0.15, 0.2) is 54.7 Å². The second-order valence-corrected chi connectivity index (χ2v) is 7.25. The number of nitrogens with one attached hydrogen (secondary N) is 2. The SMILES string of the molecule is O=C(CNc1ccccc1)Nc1ncc(Cc2ccc(Cl)c(Cl)c2)s1. The van der Waals surface area contributed by atoms with Crippen LogP contribution < -0.4 is 10.6 Å². The van der Waals surface area contributed by atoms with E-state index in [9.17, 15) is 4.79 Å². The summed E-state index contributed by atoms with van der Waals surface area (Å²) in [6.07, 6.45) is 2.44. The minimum absolute atomic E-state index is 0.140. The lowest BCUT2D eigenvalue weighted by Gasteiger charge is -2.05. The van der Waals surface area contributed by atoms with Gasteiger partial charge >= 0.3 is 0 Å². The molecule has 0 fully saturated rings. The molecule has 4 nitrogen and oxygen atoms in total. The van der Waals surface area contributed by atoms with Crippen LogP contribution in [-0.2, 0) is 11.2 Å². The van der Waals surface area contributed by atoms with Crippen molar-refractivity contribution in [2.75, 3.05) is 17.2 Å². The van der Waals surface area contributed by atoms with Gasteiger partial charge in [0, 0.05) is 23.2 Å². The summed E-state index contributed by atoms with van der Waals surface area (Å²) in [5.41, 5.74) is 1.94. The molecule has 0 atom stereocenters. The fraction of sp³-hybridized carbons (Fsp3) is 0.111. The van der Waals surface area contributed by atoms with Crippen molar-refractivity contribution < 1.29 is 4.79 Å². The van der Waals surface area contributed by atoms with Gasteiger partial charge in [0.25, 0.3) is 0 Å². The third-order valence-corrected chi connectivity index (χ3v) is 5.04. The summed E-state index contributed by atoms with van der Waals surface area (Å²) in [7, 11) is 0. The van der Waals surface area contributed by atoms with Gasteiger partial charge < -0.3 is 10.6 Å². The third kappa shape index (κ3) is 5.19. The van der Waals surface area contributed by atoms with Crippen LogP contribution in [0.1, 0.15) is 10.4 Å². The molecule has 0 saturated carbocycles. The van der Waals surface area contributed by atoms with E-state index >= 15 is 0 Å². The van der Waals surface area contributed by atoms with Gasteiger partial charge in [-0.3, -0.25) is 4.79 Å². The number of nitrogens with zero attached hydrogens (tertiary/aromatic N) is 1. The maximum absolute atomic E-state index is 12.0. The van der Waals surface area contributed by atoms with Crippen LogP contribution in [-0.4, -0.2) is 17.4 Å². The van der Waals surface area contributed by atoms with E-state index in [2.05, 4.69) is 15.6 Å². The Hall–Kier alpha value is -2.08. The molecule has 3 rings (SSSR count). The molecule has 25 heavy (non-hydrogen) atoms. The van der Waals surface area contributed by atoms with Gasteiger partial charge in [-0.25, -0.2) is 4.98 Å². The van der Waals surface area contributed by atoms with Gasteiger partial charge in [0.05, 0.1) is 16.6 Å². The molecule has 3 aromatic rings. The molecule has 0 radical (unpaired) electrons. The van der Waals surface area contributed by atoms with Crippen molar-refractivity contribution in [1.82, 2.24) is 4.98 Å². The molecule has 1 aromatic heterocycles. The molecule has 2 N–H and O–H groups in total. The summed E-state index contributed by atoms with van der Waals surface area (Å²) in [6.45, 7) is 0.186. The van der Waals surface area contributed by atoms with Crippen LogP contribution in [0.3, 0.4) is 0 Å². The molecule has 0 saturated heterocycles. The Kier molecular flexibility index (Phi) is 5.91. The second-order valence-electron chi connectivity index (χ2n) is 5.32. The highest BCUT2D eigenvalue weighted by Crippen LogP contribution is 2.26. The predicted octanol–water partition coefficient (Wildman–Crippen LogP) is 5.09. The molecule has 2 aromatic carbocycles. The summed E-state index contributed by atoms with van der Waals surface area (Å²) in [5.74, 6) is -0.140. The molecule has 0 unspecified atom stereocenters. The highest BCUT2D eigenvalue weighted by molar-refractivity contribution is 7.15. The lowest BCUT2D eigenvalue weighted by atomic mass is 10.1. The average molecular weight is 392 g/mol. The monoisotopic (exact) mass is 391 g/mol. The normalized spacial score (nSPS) is 10.5. The van der Waals surface area contributed by atoms with Gasteiger partial charge in [-0.2, -0.15) is 0 Å². The van der Waals surface area contributed by atoms with Crippen LogP contribution >= 0.6 is 34.5 Å². The van der Waals surface area contributed by atoms with Crippen molar-refractivity contribution in [1.29, 1.82) is 0 Å². The maximum Gasteiger partial charge on any atom is 0.245 e. The molecular formula is C18H15Cl2N3OS. The molecule has 1 heterocycles. The number of rotatable bonds is 6. The number of thiazole rings is 1. The van der Waals surface area contributed by atoms with Crippen molar-refractivity contribution in [3.63, 3.8) is 0 Å². The number of hydrogen-bond donors (Lipinski definition) is 2. The first kappa shape index (κ1) is 17.7. The minimum atomic E-state index is -0.140. The molecular weight excluding hydrogens is 377 g/mol. The van der Waals surface area contributed by atoms with Gasteiger partial charge in [-0.1, -0.05) is 47.5 Å². The second kappa shape index (κ2) is 8.34. The van der Waals surface area contributed by atoms with Crippen LogP contribution in [0.25, 0.3) is 0 Å². The lowest BCUT2D eigenvalue weighted by Crippen LogP contribution is -2.21. The molecule has 0 aliphatic carbocycles. The van der Waals surface area contributed by atoms with E-state index < -0.39 is 0 Å². The Bertz CT molecular complexity index is 868. The standard InChI is InChI=1S/C18H15Cl2N3OS/c19-15-7-6-12(9-16(15)20)8-14-10-22-18(25-14)23-17(24)11-21-13-4-2-1-3-5-13/h1-7,9-10,21H,8,11H2,(H,22,23,24). The van der Waals surface area contributed by atoms with E-state index in [1.165, 1.54) is 11.3 Å². The minimum Gasteiger partial charge on any atom is -0.376 e. The quantitative estimate of drug-likeness (QED) is 0.614. The summed E-state index contributed by atoms with van der Waals surface area (Å²) in [4.78, 5) is 17.3. The first-order chi connectivity index (χ1) is 12.1. The highest BCUT2D eigenvalue weighted by atomic mass is 35.5. The summed E-state index contributed by atoms with van der Waals surface area (Å²) in [5, 5.41) is 7.50. The molecule has 128 valence electrons. The molecule has 0 spiro atoms. The van der Waals surface area contributed by atoms with Crippen molar-refractivity contribution in [3.8, 4) is 0 Å². The lowest BCUT2D eigenvalue weighted by molar-refractivity contribution is -0.114. The van der Waals surface area contributed by atoms with Gasteiger partial charge in [0.2, 0.25) is 5.91 Å². The van der Waals surface area contributed by atoms with E-state index in [4.69, 9.17) is 23.2 Å². The number of benzene rings is 2.